The average Bonchev–Trinajstić information content (AvgIpc) is 2.84. The van der Waals surface area contributed by atoms with Crippen LogP contribution in [0, 0.1) is 6.92 Å². The van der Waals surface area contributed by atoms with Crippen LogP contribution in [0.5, 0.6) is 11.5 Å². The van der Waals surface area contributed by atoms with Crippen LogP contribution in [0.15, 0.2) is 65.5 Å². The third-order valence-corrected chi connectivity index (χ3v) is 5.56. The fourth-order valence-electron chi connectivity index (χ4n) is 3.71. The van der Waals surface area contributed by atoms with E-state index in [4.69, 9.17) is 9.47 Å². The first-order valence-electron chi connectivity index (χ1n) is 11.4. The molecule has 1 amide bonds. The number of hydrogen-bond acceptors (Lipinski definition) is 4. The number of nitrogens with one attached hydrogen (secondary N) is 1. The molecule has 1 heterocycles. The molecule has 6 nitrogen and oxygen atoms in total. The van der Waals surface area contributed by atoms with Gasteiger partial charge in [0.2, 0.25) is 5.43 Å². The van der Waals surface area contributed by atoms with E-state index < -0.39 is 0 Å². The van der Waals surface area contributed by atoms with Crippen molar-refractivity contribution < 1.29 is 14.3 Å². The predicted molar refractivity (Wildman–Crippen MR) is 130 cm³/mol. The zero-order valence-electron chi connectivity index (χ0n) is 19.6. The first kappa shape index (κ1) is 24.1. The molecule has 0 aliphatic carbocycles. The summed E-state index contributed by atoms with van der Waals surface area (Å²) in [5.74, 6) is 0.753. The number of aryl methyl sites for hydroxylation is 1. The van der Waals surface area contributed by atoms with Crippen LogP contribution in [0.1, 0.15) is 53.5 Å². The van der Waals surface area contributed by atoms with Gasteiger partial charge in [-0.05, 0) is 43.2 Å². The maximum absolute atomic E-state index is 12.9. The Kier molecular flexibility index (Phi) is 8.70. The van der Waals surface area contributed by atoms with Gasteiger partial charge >= 0.3 is 0 Å². The second-order valence-electron chi connectivity index (χ2n) is 7.97. The van der Waals surface area contributed by atoms with E-state index in [9.17, 15) is 9.59 Å². The highest BCUT2D eigenvalue weighted by Gasteiger charge is 2.17. The van der Waals surface area contributed by atoms with Crippen LogP contribution in [0.4, 0.5) is 0 Å². The van der Waals surface area contributed by atoms with Crippen molar-refractivity contribution in [1.82, 2.24) is 9.88 Å². The Morgan fingerprint density at radius 3 is 2.42 bits per heavy atom. The van der Waals surface area contributed by atoms with Crippen molar-refractivity contribution in [3.63, 3.8) is 0 Å². The van der Waals surface area contributed by atoms with Crippen molar-refractivity contribution in [3.8, 4) is 11.5 Å². The van der Waals surface area contributed by atoms with Crippen LogP contribution in [-0.2, 0) is 19.7 Å². The van der Waals surface area contributed by atoms with E-state index in [1.165, 1.54) is 0 Å². The van der Waals surface area contributed by atoms with Gasteiger partial charge < -0.3 is 19.4 Å². The Balaban J connectivity index is 1.87. The Morgan fingerprint density at radius 2 is 1.76 bits per heavy atom. The molecule has 0 radical (unpaired) electrons. The molecular formula is C27H32N2O4. The lowest BCUT2D eigenvalue weighted by Crippen LogP contribution is -2.28. The van der Waals surface area contributed by atoms with Crippen molar-refractivity contribution >= 4 is 5.91 Å². The minimum atomic E-state index is -0.222. The van der Waals surface area contributed by atoms with Crippen molar-refractivity contribution in [2.45, 2.75) is 52.8 Å². The van der Waals surface area contributed by atoms with Crippen LogP contribution in [0.3, 0.4) is 0 Å². The van der Waals surface area contributed by atoms with Crippen LogP contribution >= 0.6 is 0 Å². The number of carbonyl (C=O) groups excluding carboxylic acids is 1. The summed E-state index contributed by atoms with van der Waals surface area (Å²) in [6.07, 6.45) is 3.17. The van der Waals surface area contributed by atoms with E-state index in [1.54, 1.807) is 37.4 Å². The van der Waals surface area contributed by atoms with Crippen molar-refractivity contribution in [1.29, 1.82) is 0 Å². The summed E-state index contributed by atoms with van der Waals surface area (Å²) in [5, 5.41) is 2.96. The van der Waals surface area contributed by atoms with Gasteiger partial charge in [0.05, 0.1) is 19.3 Å². The molecular weight excluding hydrogens is 416 g/mol. The SMILES string of the molecule is CCCCCn1c(C)cc(=O)c(OCc2ccccc2)c1CNC(=O)c1ccc(OC)cc1. The van der Waals surface area contributed by atoms with E-state index >= 15 is 0 Å². The summed E-state index contributed by atoms with van der Waals surface area (Å²) in [6, 6.07) is 18.3. The number of hydrogen-bond donors (Lipinski definition) is 1. The van der Waals surface area contributed by atoms with Gasteiger partial charge in [-0.1, -0.05) is 50.1 Å². The number of amides is 1. The first-order chi connectivity index (χ1) is 16.0. The highest BCUT2D eigenvalue weighted by Crippen LogP contribution is 2.19. The van der Waals surface area contributed by atoms with E-state index in [1.807, 2.05) is 37.3 Å². The van der Waals surface area contributed by atoms with E-state index in [0.29, 0.717) is 17.0 Å². The van der Waals surface area contributed by atoms with Crippen LogP contribution in [0.2, 0.25) is 0 Å². The summed E-state index contributed by atoms with van der Waals surface area (Å²) < 4.78 is 13.3. The van der Waals surface area contributed by atoms with Gasteiger partial charge in [0, 0.05) is 23.9 Å². The Hall–Kier alpha value is -3.54. The Bertz CT molecular complexity index is 1110. The second-order valence-corrected chi connectivity index (χ2v) is 7.97. The molecule has 0 fully saturated rings. The Morgan fingerprint density at radius 1 is 1.03 bits per heavy atom. The molecule has 33 heavy (non-hydrogen) atoms. The number of unbranched alkanes of at least 4 members (excludes halogenated alkanes) is 2. The van der Waals surface area contributed by atoms with Gasteiger partial charge in [-0.3, -0.25) is 9.59 Å². The molecule has 0 spiro atoms. The zero-order chi connectivity index (χ0) is 23.6. The lowest BCUT2D eigenvalue weighted by Gasteiger charge is -2.21. The highest BCUT2D eigenvalue weighted by atomic mass is 16.5. The summed E-state index contributed by atoms with van der Waals surface area (Å²) >= 11 is 0. The Labute approximate surface area is 195 Å². The average molecular weight is 449 g/mol. The molecule has 0 saturated heterocycles. The molecule has 0 bridgehead atoms. The summed E-state index contributed by atoms with van der Waals surface area (Å²) in [6.45, 7) is 5.31. The minimum Gasteiger partial charge on any atom is -0.497 e. The predicted octanol–water partition coefficient (Wildman–Crippen LogP) is 4.86. The fourth-order valence-corrected chi connectivity index (χ4v) is 3.71. The van der Waals surface area contributed by atoms with Gasteiger partial charge in [0.1, 0.15) is 12.4 Å². The van der Waals surface area contributed by atoms with Gasteiger partial charge in [-0.2, -0.15) is 0 Å². The molecule has 0 aliphatic heterocycles. The fraction of sp³-hybridized carbons (Fsp3) is 0.333. The molecule has 3 aromatic rings. The molecule has 0 unspecified atom stereocenters. The molecule has 0 aliphatic rings. The number of ether oxygens (including phenoxy) is 2. The summed E-state index contributed by atoms with van der Waals surface area (Å²) in [7, 11) is 1.58. The maximum atomic E-state index is 12.9. The molecule has 2 aromatic carbocycles. The second kappa shape index (κ2) is 11.9. The number of benzene rings is 2. The lowest BCUT2D eigenvalue weighted by molar-refractivity contribution is 0.0949. The smallest absolute Gasteiger partial charge is 0.251 e. The van der Waals surface area contributed by atoms with Gasteiger partial charge in [-0.25, -0.2) is 0 Å². The molecule has 6 heteroatoms. The molecule has 0 atom stereocenters. The quantitative estimate of drug-likeness (QED) is 0.425. The maximum Gasteiger partial charge on any atom is 0.251 e. The van der Waals surface area contributed by atoms with Gasteiger partial charge in [0.15, 0.2) is 5.75 Å². The van der Waals surface area contributed by atoms with Crippen molar-refractivity contribution in [3.05, 3.63) is 93.4 Å². The van der Waals surface area contributed by atoms with E-state index in [0.717, 1.165) is 37.1 Å². The number of carbonyl (C=O) groups is 1. The monoisotopic (exact) mass is 448 g/mol. The van der Waals surface area contributed by atoms with Crippen LogP contribution in [-0.4, -0.2) is 17.6 Å². The normalized spacial score (nSPS) is 10.6. The van der Waals surface area contributed by atoms with Crippen molar-refractivity contribution in [2.24, 2.45) is 0 Å². The lowest BCUT2D eigenvalue weighted by atomic mass is 10.2. The number of rotatable bonds is 11. The molecule has 174 valence electrons. The highest BCUT2D eigenvalue weighted by molar-refractivity contribution is 5.94. The first-order valence-corrected chi connectivity index (χ1v) is 11.4. The molecule has 3 rings (SSSR count). The molecule has 1 aromatic heterocycles. The molecule has 1 N–H and O–H groups in total. The zero-order valence-corrected chi connectivity index (χ0v) is 19.6. The molecule has 0 saturated carbocycles. The number of methoxy groups -OCH3 is 1. The van der Waals surface area contributed by atoms with Gasteiger partial charge in [0.25, 0.3) is 5.91 Å². The van der Waals surface area contributed by atoms with E-state index in [-0.39, 0.29) is 30.2 Å². The number of nitrogens with zero attached hydrogens (tertiary/aromatic N) is 1. The summed E-state index contributed by atoms with van der Waals surface area (Å²) in [4.78, 5) is 25.7. The number of pyridine rings is 1. The summed E-state index contributed by atoms with van der Waals surface area (Å²) in [5.41, 5.74) is 2.87. The standard InChI is InChI=1S/C27H32N2O4/c1-4-5-9-16-29-20(2)17-25(30)26(33-19-21-10-7-6-8-11-21)24(29)18-28-27(31)22-12-14-23(32-3)15-13-22/h6-8,10-15,17H,4-5,9,16,18-19H2,1-3H3,(H,28,31). The largest absolute Gasteiger partial charge is 0.497 e. The third kappa shape index (κ3) is 6.48. The van der Waals surface area contributed by atoms with Crippen molar-refractivity contribution in [2.75, 3.05) is 7.11 Å². The van der Waals surface area contributed by atoms with Gasteiger partial charge in [-0.15, -0.1) is 0 Å². The van der Waals surface area contributed by atoms with Crippen LogP contribution < -0.4 is 20.2 Å². The minimum absolute atomic E-state index is 0.177. The topological polar surface area (TPSA) is 69.6 Å². The third-order valence-electron chi connectivity index (χ3n) is 5.56. The van der Waals surface area contributed by atoms with E-state index in [2.05, 4.69) is 16.8 Å². The number of aromatic nitrogens is 1. The van der Waals surface area contributed by atoms with Crippen LogP contribution in [0.25, 0.3) is 0 Å².